The molecule has 26 heavy (non-hydrogen) atoms. The van der Waals surface area contributed by atoms with Crippen LogP contribution in [-0.4, -0.2) is 28.0 Å². The first-order valence-corrected chi connectivity index (χ1v) is 8.60. The van der Waals surface area contributed by atoms with Crippen molar-refractivity contribution in [1.29, 1.82) is 0 Å². The molecule has 1 saturated heterocycles. The minimum absolute atomic E-state index is 0. The number of pyridine rings is 1. The zero-order chi connectivity index (χ0) is 17.2. The fraction of sp³-hybridized carbons (Fsp3) is 0.250. The highest BCUT2D eigenvalue weighted by atomic mass is 15.1. The number of hydrogen-bond donors (Lipinski definition) is 2. The molecule has 134 valence electrons. The van der Waals surface area contributed by atoms with Gasteiger partial charge in [0.2, 0.25) is 0 Å². The zero-order valence-electron chi connectivity index (χ0n) is 15.0. The average molecular weight is 348 g/mol. The molecule has 4 rings (SSSR count). The summed E-state index contributed by atoms with van der Waals surface area (Å²) in [6, 6.07) is 9.91. The lowest BCUT2D eigenvalue weighted by atomic mass is 10.1. The predicted molar refractivity (Wildman–Crippen MR) is 106 cm³/mol. The van der Waals surface area contributed by atoms with E-state index in [0.717, 1.165) is 41.2 Å². The molecule has 2 aromatic heterocycles. The van der Waals surface area contributed by atoms with Gasteiger partial charge in [-0.1, -0.05) is 6.07 Å². The summed E-state index contributed by atoms with van der Waals surface area (Å²) in [7, 11) is 0. The molecule has 0 saturated carbocycles. The van der Waals surface area contributed by atoms with E-state index in [1.54, 1.807) is 6.20 Å². The summed E-state index contributed by atoms with van der Waals surface area (Å²) in [5.41, 5.74) is 11.8. The smallest absolute Gasteiger partial charge is 0.160 e. The van der Waals surface area contributed by atoms with Gasteiger partial charge in [0, 0.05) is 42.3 Å². The van der Waals surface area contributed by atoms with Crippen LogP contribution >= 0.6 is 0 Å². The van der Waals surface area contributed by atoms with Crippen molar-refractivity contribution in [3.63, 3.8) is 0 Å². The summed E-state index contributed by atoms with van der Waals surface area (Å²) in [5.74, 6) is 0.689. The Labute approximate surface area is 153 Å². The van der Waals surface area contributed by atoms with Crippen LogP contribution in [0.25, 0.3) is 22.6 Å². The number of hydrogen-bond acceptors (Lipinski definition) is 6. The van der Waals surface area contributed by atoms with E-state index in [-0.39, 0.29) is 6.15 Å². The number of nitrogens with two attached hydrogens (primary N) is 1. The number of aryl methyl sites for hydroxylation is 1. The van der Waals surface area contributed by atoms with Crippen molar-refractivity contribution < 1.29 is 0 Å². The lowest BCUT2D eigenvalue weighted by molar-refractivity contribution is 0.949. The molecular weight excluding hydrogens is 324 g/mol. The third kappa shape index (κ3) is 3.50. The van der Waals surface area contributed by atoms with Crippen molar-refractivity contribution in [3.05, 3.63) is 54.5 Å². The van der Waals surface area contributed by atoms with Gasteiger partial charge in [0.05, 0.1) is 17.6 Å². The van der Waals surface area contributed by atoms with E-state index in [1.807, 2.05) is 43.6 Å². The molecule has 0 radical (unpaired) electrons. The third-order valence-corrected chi connectivity index (χ3v) is 4.65. The number of nitrogens with zero attached hydrogens (tertiary/aromatic N) is 4. The maximum atomic E-state index is 5.93. The van der Waals surface area contributed by atoms with Crippen LogP contribution in [0.3, 0.4) is 0 Å². The maximum absolute atomic E-state index is 5.93. The van der Waals surface area contributed by atoms with Crippen molar-refractivity contribution >= 4 is 11.4 Å². The molecule has 6 heteroatoms. The normalized spacial score (nSPS) is 13.5. The minimum atomic E-state index is 0. The molecular formula is C20H24N6. The van der Waals surface area contributed by atoms with E-state index in [2.05, 4.69) is 20.9 Å². The van der Waals surface area contributed by atoms with Crippen molar-refractivity contribution in [2.24, 2.45) is 0 Å². The Hall–Kier alpha value is -2.99. The van der Waals surface area contributed by atoms with Crippen molar-refractivity contribution in [3.8, 4) is 22.6 Å². The molecule has 0 amide bonds. The monoisotopic (exact) mass is 348 g/mol. The first-order chi connectivity index (χ1) is 12.2. The lowest BCUT2D eigenvalue weighted by Crippen LogP contribution is -2.17. The minimum Gasteiger partial charge on any atom is -0.399 e. The van der Waals surface area contributed by atoms with Crippen LogP contribution in [0.4, 0.5) is 11.4 Å². The second kappa shape index (κ2) is 7.49. The van der Waals surface area contributed by atoms with Gasteiger partial charge in [0.15, 0.2) is 5.82 Å². The van der Waals surface area contributed by atoms with Gasteiger partial charge in [0.1, 0.15) is 0 Å². The van der Waals surface area contributed by atoms with Crippen LogP contribution in [0.2, 0.25) is 0 Å². The quantitative estimate of drug-likeness (QED) is 0.697. The Bertz CT molecular complexity index is 902. The van der Waals surface area contributed by atoms with Gasteiger partial charge < -0.3 is 16.8 Å². The van der Waals surface area contributed by atoms with Crippen molar-refractivity contribution in [2.75, 3.05) is 23.7 Å². The molecule has 1 aliphatic heterocycles. The van der Waals surface area contributed by atoms with Gasteiger partial charge in [-0.3, -0.25) is 4.98 Å². The van der Waals surface area contributed by atoms with Crippen LogP contribution in [0.5, 0.6) is 0 Å². The Morgan fingerprint density at radius 2 is 1.85 bits per heavy atom. The second-order valence-electron chi connectivity index (χ2n) is 6.47. The molecule has 0 unspecified atom stereocenters. The number of nitrogen functional groups attached to an aromatic ring is 1. The summed E-state index contributed by atoms with van der Waals surface area (Å²) in [6.07, 6.45) is 8.08. The van der Waals surface area contributed by atoms with Crippen molar-refractivity contribution in [1.82, 2.24) is 21.1 Å². The topological polar surface area (TPSA) is 103 Å². The molecule has 0 atom stereocenters. The highest BCUT2D eigenvalue weighted by Crippen LogP contribution is 2.27. The molecule has 1 fully saturated rings. The number of benzene rings is 1. The molecule has 6 nitrogen and oxygen atoms in total. The van der Waals surface area contributed by atoms with Crippen LogP contribution in [-0.2, 0) is 0 Å². The molecule has 3 heterocycles. The van der Waals surface area contributed by atoms with E-state index < -0.39 is 0 Å². The Morgan fingerprint density at radius 3 is 2.65 bits per heavy atom. The third-order valence-electron chi connectivity index (χ3n) is 4.65. The van der Waals surface area contributed by atoms with Gasteiger partial charge in [0.25, 0.3) is 0 Å². The van der Waals surface area contributed by atoms with Gasteiger partial charge in [-0.25, -0.2) is 9.97 Å². The number of aromatic nitrogens is 3. The molecule has 1 aromatic carbocycles. The lowest BCUT2D eigenvalue weighted by Gasteiger charge is -2.17. The Morgan fingerprint density at radius 1 is 1.04 bits per heavy atom. The molecule has 5 N–H and O–H groups in total. The SMILES string of the molecule is Cc1ccc(N)cc1-c1nccc(-c2cncc(N3CCCC3)c2)n1.N. The zero-order valence-corrected chi connectivity index (χ0v) is 15.0. The summed E-state index contributed by atoms with van der Waals surface area (Å²) in [5, 5.41) is 0. The maximum Gasteiger partial charge on any atom is 0.160 e. The highest BCUT2D eigenvalue weighted by Gasteiger charge is 2.14. The van der Waals surface area contributed by atoms with Crippen LogP contribution < -0.4 is 16.8 Å². The van der Waals surface area contributed by atoms with Gasteiger partial charge >= 0.3 is 0 Å². The second-order valence-corrected chi connectivity index (χ2v) is 6.47. The first-order valence-electron chi connectivity index (χ1n) is 8.60. The summed E-state index contributed by atoms with van der Waals surface area (Å²) in [4.78, 5) is 16.0. The summed E-state index contributed by atoms with van der Waals surface area (Å²) in [6.45, 7) is 4.24. The number of anilines is 2. The first kappa shape index (κ1) is 17.8. The fourth-order valence-electron chi connectivity index (χ4n) is 3.25. The van der Waals surface area contributed by atoms with Gasteiger partial charge in [-0.05, 0) is 49.6 Å². The van der Waals surface area contributed by atoms with E-state index in [0.29, 0.717) is 11.5 Å². The van der Waals surface area contributed by atoms with E-state index in [9.17, 15) is 0 Å². The average Bonchev–Trinajstić information content (AvgIpc) is 3.19. The largest absolute Gasteiger partial charge is 0.399 e. The molecule has 3 aromatic rings. The van der Waals surface area contributed by atoms with Gasteiger partial charge in [-0.15, -0.1) is 0 Å². The van der Waals surface area contributed by atoms with Crippen molar-refractivity contribution in [2.45, 2.75) is 19.8 Å². The van der Waals surface area contributed by atoms with E-state index in [1.165, 1.54) is 12.8 Å². The molecule has 0 aliphatic carbocycles. The highest BCUT2D eigenvalue weighted by molar-refractivity contribution is 5.69. The van der Waals surface area contributed by atoms with Crippen LogP contribution in [0, 0.1) is 6.92 Å². The summed E-state index contributed by atoms with van der Waals surface area (Å²) < 4.78 is 0. The number of rotatable bonds is 3. The van der Waals surface area contributed by atoms with Crippen LogP contribution in [0.15, 0.2) is 48.9 Å². The van der Waals surface area contributed by atoms with Gasteiger partial charge in [-0.2, -0.15) is 0 Å². The molecule has 0 spiro atoms. The van der Waals surface area contributed by atoms with E-state index >= 15 is 0 Å². The predicted octanol–water partition coefficient (Wildman–Crippen LogP) is 3.86. The Kier molecular flexibility index (Phi) is 5.14. The van der Waals surface area contributed by atoms with E-state index in [4.69, 9.17) is 10.7 Å². The molecule has 0 bridgehead atoms. The molecule has 1 aliphatic rings. The standard InChI is InChI=1S/C20H21N5.H3N/c1-14-4-5-16(21)11-18(14)20-23-7-6-19(24-20)15-10-17(13-22-12-15)25-8-2-3-9-25;/h4-7,10-13H,2-3,8-9,21H2,1H3;1H3. The van der Waals surface area contributed by atoms with Crippen LogP contribution in [0.1, 0.15) is 18.4 Å². The summed E-state index contributed by atoms with van der Waals surface area (Å²) >= 11 is 0. The fourth-order valence-corrected chi connectivity index (χ4v) is 3.25. The Balaban J connectivity index is 0.00000196.